The summed E-state index contributed by atoms with van der Waals surface area (Å²) in [6.07, 6.45) is 1.82. The van der Waals surface area contributed by atoms with Gasteiger partial charge in [0.1, 0.15) is 5.76 Å². The Bertz CT molecular complexity index is 937. The second-order valence-electron chi connectivity index (χ2n) is 5.77. The van der Waals surface area contributed by atoms with Gasteiger partial charge in [-0.1, -0.05) is 11.2 Å². The van der Waals surface area contributed by atoms with E-state index >= 15 is 0 Å². The summed E-state index contributed by atoms with van der Waals surface area (Å²) < 4.78 is 17.5. The summed E-state index contributed by atoms with van der Waals surface area (Å²) in [4.78, 5) is 12.3. The van der Waals surface area contributed by atoms with Gasteiger partial charge < -0.3 is 18.6 Å². The first-order valence-electron chi connectivity index (χ1n) is 7.88. The highest BCUT2D eigenvalue weighted by molar-refractivity contribution is 5.66. The molecule has 0 fully saturated rings. The van der Waals surface area contributed by atoms with Gasteiger partial charge in [-0.2, -0.15) is 0 Å². The molecule has 0 atom stereocenters. The first-order valence-corrected chi connectivity index (χ1v) is 7.88. The quantitative estimate of drug-likeness (QED) is 0.713. The van der Waals surface area contributed by atoms with Crippen molar-refractivity contribution in [3.05, 3.63) is 63.9 Å². The number of hydrogen-bond acceptors (Lipinski definition) is 5. The molecule has 0 aliphatic heterocycles. The first kappa shape index (κ1) is 16.8. The lowest BCUT2D eigenvalue weighted by molar-refractivity contribution is 0.354. The van der Waals surface area contributed by atoms with Gasteiger partial charge in [-0.15, -0.1) is 0 Å². The van der Waals surface area contributed by atoms with Crippen molar-refractivity contribution in [1.82, 2.24) is 9.72 Å². The SMILES string of the molecule is COc1ccc(Cn2cc(-c3c(C)noc3C)ccc2=O)cc1OC. The van der Waals surface area contributed by atoms with Gasteiger partial charge in [0.05, 0.1) is 26.5 Å². The van der Waals surface area contributed by atoms with E-state index in [-0.39, 0.29) is 5.56 Å². The third-order valence-electron chi connectivity index (χ3n) is 4.11. The van der Waals surface area contributed by atoms with Gasteiger partial charge in [0.2, 0.25) is 0 Å². The van der Waals surface area contributed by atoms with E-state index in [9.17, 15) is 4.79 Å². The molecule has 130 valence electrons. The summed E-state index contributed by atoms with van der Waals surface area (Å²) in [7, 11) is 3.18. The topological polar surface area (TPSA) is 66.5 Å². The Morgan fingerprint density at radius 3 is 2.48 bits per heavy atom. The van der Waals surface area contributed by atoms with Crippen LogP contribution in [0.15, 0.2) is 45.8 Å². The van der Waals surface area contributed by atoms with E-state index in [1.54, 1.807) is 30.9 Å². The summed E-state index contributed by atoms with van der Waals surface area (Å²) in [5.41, 5.74) is 3.48. The number of nitrogens with zero attached hydrogens (tertiary/aromatic N) is 2. The van der Waals surface area contributed by atoms with Gasteiger partial charge in [0.15, 0.2) is 11.5 Å². The molecule has 0 aliphatic carbocycles. The van der Waals surface area contributed by atoms with Crippen molar-refractivity contribution in [2.75, 3.05) is 14.2 Å². The van der Waals surface area contributed by atoms with Crippen LogP contribution in [0.25, 0.3) is 11.1 Å². The van der Waals surface area contributed by atoms with Gasteiger partial charge in [0, 0.05) is 23.4 Å². The third-order valence-corrected chi connectivity index (χ3v) is 4.11. The first-order chi connectivity index (χ1) is 12.0. The van der Waals surface area contributed by atoms with Gasteiger partial charge >= 0.3 is 0 Å². The van der Waals surface area contributed by atoms with Crippen LogP contribution in [0.5, 0.6) is 11.5 Å². The van der Waals surface area contributed by atoms with Crippen molar-refractivity contribution in [2.45, 2.75) is 20.4 Å². The van der Waals surface area contributed by atoms with E-state index in [0.717, 1.165) is 28.1 Å². The Morgan fingerprint density at radius 2 is 1.84 bits per heavy atom. The van der Waals surface area contributed by atoms with Crippen molar-refractivity contribution in [1.29, 1.82) is 0 Å². The Hall–Kier alpha value is -3.02. The van der Waals surface area contributed by atoms with Crippen LogP contribution in [0.1, 0.15) is 17.0 Å². The molecule has 0 N–H and O–H groups in total. The summed E-state index contributed by atoms with van der Waals surface area (Å²) in [5.74, 6) is 2.02. The van der Waals surface area contributed by atoms with Crippen LogP contribution in [0, 0.1) is 13.8 Å². The maximum absolute atomic E-state index is 12.3. The maximum atomic E-state index is 12.3. The number of hydrogen-bond donors (Lipinski definition) is 0. The van der Waals surface area contributed by atoms with Crippen LogP contribution >= 0.6 is 0 Å². The van der Waals surface area contributed by atoms with Crippen molar-refractivity contribution in [3.8, 4) is 22.6 Å². The highest BCUT2D eigenvalue weighted by Crippen LogP contribution is 2.28. The zero-order chi connectivity index (χ0) is 18.0. The lowest BCUT2D eigenvalue weighted by Crippen LogP contribution is -2.19. The van der Waals surface area contributed by atoms with Gasteiger partial charge in [-0.25, -0.2) is 0 Å². The molecule has 3 rings (SSSR count). The average molecular weight is 340 g/mol. The molecule has 0 spiro atoms. The Morgan fingerprint density at radius 1 is 1.08 bits per heavy atom. The van der Waals surface area contributed by atoms with Crippen LogP contribution in [-0.2, 0) is 6.54 Å². The zero-order valence-corrected chi connectivity index (χ0v) is 14.7. The molecule has 0 aliphatic rings. The molecule has 0 bridgehead atoms. The molecule has 25 heavy (non-hydrogen) atoms. The molecule has 0 saturated carbocycles. The van der Waals surface area contributed by atoms with Crippen LogP contribution in [0.2, 0.25) is 0 Å². The van der Waals surface area contributed by atoms with Crippen molar-refractivity contribution in [2.24, 2.45) is 0 Å². The van der Waals surface area contributed by atoms with Crippen LogP contribution in [0.3, 0.4) is 0 Å². The lowest BCUT2D eigenvalue weighted by Gasteiger charge is -2.12. The molecule has 0 unspecified atom stereocenters. The summed E-state index contributed by atoms with van der Waals surface area (Å²) in [6.45, 7) is 4.17. The molecule has 0 saturated heterocycles. The molecule has 0 radical (unpaired) electrons. The average Bonchev–Trinajstić information content (AvgIpc) is 2.95. The minimum absolute atomic E-state index is 0.0784. The minimum atomic E-state index is -0.0784. The number of aromatic nitrogens is 2. The van der Waals surface area contributed by atoms with Crippen molar-refractivity contribution in [3.63, 3.8) is 0 Å². The number of methoxy groups -OCH3 is 2. The van der Waals surface area contributed by atoms with Gasteiger partial charge in [-0.05, 0) is 37.6 Å². The highest BCUT2D eigenvalue weighted by Gasteiger charge is 2.13. The molecule has 6 heteroatoms. The predicted molar refractivity (Wildman–Crippen MR) is 94.3 cm³/mol. The number of aryl methyl sites for hydroxylation is 2. The number of rotatable bonds is 5. The van der Waals surface area contributed by atoms with E-state index in [1.807, 2.05) is 38.2 Å². The smallest absolute Gasteiger partial charge is 0.250 e. The monoisotopic (exact) mass is 340 g/mol. The summed E-state index contributed by atoms with van der Waals surface area (Å²) in [6, 6.07) is 8.96. The summed E-state index contributed by atoms with van der Waals surface area (Å²) in [5, 5.41) is 3.98. The van der Waals surface area contributed by atoms with Crippen LogP contribution < -0.4 is 15.0 Å². The van der Waals surface area contributed by atoms with Crippen molar-refractivity contribution < 1.29 is 14.0 Å². The number of benzene rings is 1. The van der Waals surface area contributed by atoms with E-state index in [2.05, 4.69) is 5.16 Å². The highest BCUT2D eigenvalue weighted by atomic mass is 16.5. The van der Waals surface area contributed by atoms with E-state index < -0.39 is 0 Å². The lowest BCUT2D eigenvalue weighted by atomic mass is 10.1. The second-order valence-corrected chi connectivity index (χ2v) is 5.77. The molecule has 2 heterocycles. The Labute approximate surface area is 145 Å². The minimum Gasteiger partial charge on any atom is -0.493 e. The number of ether oxygens (including phenoxy) is 2. The third kappa shape index (κ3) is 3.28. The fraction of sp³-hybridized carbons (Fsp3) is 0.263. The van der Waals surface area contributed by atoms with E-state index in [1.165, 1.54) is 0 Å². The molecule has 0 amide bonds. The zero-order valence-electron chi connectivity index (χ0n) is 14.7. The Balaban J connectivity index is 1.98. The summed E-state index contributed by atoms with van der Waals surface area (Å²) >= 11 is 0. The van der Waals surface area contributed by atoms with E-state index in [0.29, 0.717) is 18.0 Å². The Kier molecular flexibility index (Phi) is 4.61. The number of pyridine rings is 1. The maximum Gasteiger partial charge on any atom is 0.250 e. The van der Waals surface area contributed by atoms with Crippen LogP contribution in [0.4, 0.5) is 0 Å². The van der Waals surface area contributed by atoms with Gasteiger partial charge in [0.25, 0.3) is 5.56 Å². The molecule has 2 aromatic heterocycles. The predicted octanol–water partition coefficient (Wildman–Crippen LogP) is 3.19. The van der Waals surface area contributed by atoms with Gasteiger partial charge in [-0.3, -0.25) is 4.79 Å². The fourth-order valence-corrected chi connectivity index (χ4v) is 2.87. The van der Waals surface area contributed by atoms with E-state index in [4.69, 9.17) is 14.0 Å². The van der Waals surface area contributed by atoms with Crippen molar-refractivity contribution >= 4 is 0 Å². The fourth-order valence-electron chi connectivity index (χ4n) is 2.87. The molecule has 6 nitrogen and oxygen atoms in total. The largest absolute Gasteiger partial charge is 0.493 e. The second kappa shape index (κ2) is 6.84. The molecular weight excluding hydrogens is 320 g/mol. The normalized spacial score (nSPS) is 10.7. The standard InChI is InChI=1S/C19H20N2O4/c1-12-19(13(2)25-20-12)15-6-8-18(22)21(11-15)10-14-5-7-16(23-3)17(9-14)24-4/h5-9,11H,10H2,1-4H3. The van der Waals surface area contributed by atoms with Crippen LogP contribution in [-0.4, -0.2) is 23.9 Å². The molecular formula is C19H20N2O4. The molecule has 3 aromatic rings. The molecule has 1 aromatic carbocycles.